The van der Waals surface area contributed by atoms with Gasteiger partial charge in [0.15, 0.2) is 0 Å². The van der Waals surface area contributed by atoms with E-state index in [1.807, 2.05) is 54.7 Å². The Kier molecular flexibility index (Phi) is 6.17. The summed E-state index contributed by atoms with van der Waals surface area (Å²) in [6.45, 7) is 1.59. The van der Waals surface area contributed by atoms with E-state index < -0.39 is 0 Å². The molecule has 30 heavy (non-hydrogen) atoms. The van der Waals surface area contributed by atoms with Crippen molar-refractivity contribution in [2.24, 2.45) is 13.0 Å². The Hall–Kier alpha value is -3.48. The van der Waals surface area contributed by atoms with Crippen LogP contribution in [0.4, 0.5) is 11.6 Å². The van der Waals surface area contributed by atoms with Crippen molar-refractivity contribution in [1.82, 2.24) is 24.6 Å². The van der Waals surface area contributed by atoms with Gasteiger partial charge < -0.3 is 10.2 Å². The van der Waals surface area contributed by atoms with Gasteiger partial charge in [0.1, 0.15) is 11.6 Å². The van der Waals surface area contributed by atoms with Gasteiger partial charge in [-0.05, 0) is 61.1 Å². The lowest BCUT2D eigenvalue weighted by atomic mass is 9.91. The minimum Gasteiger partial charge on any atom is -0.339 e. The van der Waals surface area contributed by atoms with E-state index in [9.17, 15) is 4.79 Å². The van der Waals surface area contributed by atoms with Crippen LogP contribution >= 0.6 is 0 Å². The van der Waals surface area contributed by atoms with E-state index in [-0.39, 0.29) is 5.91 Å². The maximum atomic E-state index is 12.6. The van der Waals surface area contributed by atoms with Gasteiger partial charge in [-0.3, -0.25) is 9.48 Å². The van der Waals surface area contributed by atoms with Crippen LogP contribution in [-0.2, 0) is 18.3 Å². The molecule has 0 bridgehead atoms. The Bertz CT molecular complexity index is 1010. The number of anilines is 2. The van der Waals surface area contributed by atoms with Crippen LogP contribution < -0.4 is 5.32 Å². The molecule has 3 aromatic rings. The van der Waals surface area contributed by atoms with Crippen LogP contribution in [0.3, 0.4) is 0 Å². The van der Waals surface area contributed by atoms with Crippen molar-refractivity contribution in [3.8, 4) is 0 Å². The number of rotatable bonds is 6. The first-order valence-corrected chi connectivity index (χ1v) is 10.2. The van der Waals surface area contributed by atoms with E-state index in [4.69, 9.17) is 0 Å². The molecule has 1 aliphatic rings. The molecule has 7 nitrogen and oxygen atoms in total. The summed E-state index contributed by atoms with van der Waals surface area (Å²) in [5.41, 5.74) is 2.15. The topological polar surface area (TPSA) is 75.9 Å². The largest absolute Gasteiger partial charge is 0.339 e. The van der Waals surface area contributed by atoms with Crippen molar-refractivity contribution in [2.75, 3.05) is 18.4 Å². The van der Waals surface area contributed by atoms with Gasteiger partial charge in [-0.1, -0.05) is 6.07 Å². The number of nitrogens with zero attached hydrogens (tertiary/aromatic N) is 5. The molecule has 3 aromatic heterocycles. The fraction of sp³-hybridized carbons (Fsp3) is 0.304. The molecule has 1 N–H and O–H groups in total. The average molecular weight is 403 g/mol. The zero-order valence-corrected chi connectivity index (χ0v) is 17.1. The molecule has 1 saturated heterocycles. The molecule has 154 valence electrons. The summed E-state index contributed by atoms with van der Waals surface area (Å²) < 4.78 is 1.73. The Morgan fingerprint density at radius 1 is 1.23 bits per heavy atom. The molecule has 1 aliphatic heterocycles. The summed E-state index contributed by atoms with van der Waals surface area (Å²) >= 11 is 0. The predicted molar refractivity (Wildman–Crippen MR) is 117 cm³/mol. The Labute approximate surface area is 176 Å². The lowest BCUT2D eigenvalue weighted by molar-refractivity contribution is -0.127. The molecule has 0 spiro atoms. The van der Waals surface area contributed by atoms with E-state index in [0.29, 0.717) is 5.92 Å². The molecular weight excluding hydrogens is 376 g/mol. The standard InChI is InChI=1S/C23H26N6O/c1-28-16-20(15-26-28)7-8-23(30)29-12-4-5-19(17-29)13-18-9-11-25-22(14-18)27-21-6-2-3-10-24-21/h2-3,6-11,14-16,19H,4-5,12-13,17H2,1H3,(H,24,25,27). The first-order chi connectivity index (χ1) is 14.7. The van der Waals surface area contributed by atoms with E-state index in [0.717, 1.165) is 49.6 Å². The number of amides is 1. The molecule has 1 fully saturated rings. The Balaban J connectivity index is 1.35. The number of pyridine rings is 2. The molecule has 4 rings (SSSR count). The molecule has 0 aromatic carbocycles. The first-order valence-electron chi connectivity index (χ1n) is 10.2. The second-order valence-electron chi connectivity index (χ2n) is 7.67. The third-order valence-electron chi connectivity index (χ3n) is 5.24. The van der Waals surface area contributed by atoms with E-state index >= 15 is 0 Å². The number of piperidine rings is 1. The first kappa shape index (κ1) is 19.8. The van der Waals surface area contributed by atoms with E-state index in [2.05, 4.69) is 26.4 Å². The van der Waals surface area contributed by atoms with Crippen LogP contribution in [0.15, 0.2) is 61.2 Å². The minimum atomic E-state index is 0.0655. The molecule has 0 aliphatic carbocycles. The van der Waals surface area contributed by atoms with Gasteiger partial charge in [-0.2, -0.15) is 5.10 Å². The van der Waals surface area contributed by atoms with E-state index in [1.165, 1.54) is 5.56 Å². The Morgan fingerprint density at radius 2 is 2.13 bits per heavy atom. The molecule has 4 heterocycles. The number of carbonyl (C=O) groups is 1. The molecule has 7 heteroatoms. The van der Waals surface area contributed by atoms with Crippen LogP contribution in [0.5, 0.6) is 0 Å². The fourth-order valence-corrected chi connectivity index (χ4v) is 3.80. The van der Waals surface area contributed by atoms with Crippen LogP contribution in [0.2, 0.25) is 0 Å². The van der Waals surface area contributed by atoms with Gasteiger partial charge in [0.2, 0.25) is 5.91 Å². The van der Waals surface area contributed by atoms with Crippen molar-refractivity contribution in [2.45, 2.75) is 19.3 Å². The van der Waals surface area contributed by atoms with Crippen molar-refractivity contribution < 1.29 is 4.79 Å². The monoisotopic (exact) mass is 402 g/mol. The summed E-state index contributed by atoms with van der Waals surface area (Å²) in [5, 5.41) is 7.37. The lowest BCUT2D eigenvalue weighted by Gasteiger charge is -2.32. The predicted octanol–water partition coefficient (Wildman–Crippen LogP) is 3.45. The highest BCUT2D eigenvalue weighted by molar-refractivity contribution is 5.91. The summed E-state index contributed by atoms with van der Waals surface area (Å²) in [7, 11) is 1.87. The number of hydrogen-bond acceptors (Lipinski definition) is 5. The quantitative estimate of drug-likeness (QED) is 0.639. The van der Waals surface area contributed by atoms with Gasteiger partial charge in [0.05, 0.1) is 6.20 Å². The lowest BCUT2D eigenvalue weighted by Crippen LogP contribution is -2.39. The average Bonchev–Trinajstić information content (AvgIpc) is 3.18. The second kappa shape index (κ2) is 9.35. The second-order valence-corrected chi connectivity index (χ2v) is 7.67. The highest BCUT2D eigenvalue weighted by atomic mass is 16.2. The van der Waals surface area contributed by atoms with Crippen molar-refractivity contribution in [3.63, 3.8) is 0 Å². The summed E-state index contributed by atoms with van der Waals surface area (Å²) in [6, 6.07) is 9.86. The smallest absolute Gasteiger partial charge is 0.246 e. The Morgan fingerprint density at radius 3 is 2.93 bits per heavy atom. The van der Waals surface area contributed by atoms with Crippen molar-refractivity contribution in [1.29, 1.82) is 0 Å². The number of aryl methyl sites for hydroxylation is 1. The van der Waals surface area contributed by atoms with Crippen molar-refractivity contribution in [3.05, 3.63) is 72.3 Å². The van der Waals surface area contributed by atoms with Crippen LogP contribution in [-0.4, -0.2) is 43.6 Å². The minimum absolute atomic E-state index is 0.0655. The highest BCUT2D eigenvalue weighted by Crippen LogP contribution is 2.23. The molecule has 0 radical (unpaired) electrons. The molecule has 0 saturated carbocycles. The van der Waals surface area contributed by atoms with Gasteiger partial charge in [-0.25, -0.2) is 9.97 Å². The zero-order valence-electron chi connectivity index (χ0n) is 17.1. The summed E-state index contributed by atoms with van der Waals surface area (Å²) in [6.07, 6.45) is 13.8. The van der Waals surface area contributed by atoms with Gasteiger partial charge in [0.25, 0.3) is 0 Å². The van der Waals surface area contributed by atoms with Gasteiger partial charge in [-0.15, -0.1) is 0 Å². The number of aromatic nitrogens is 4. The molecule has 1 atom stereocenters. The number of hydrogen-bond donors (Lipinski definition) is 1. The van der Waals surface area contributed by atoms with Gasteiger partial charge in [0, 0.05) is 50.4 Å². The van der Waals surface area contributed by atoms with Crippen LogP contribution in [0, 0.1) is 5.92 Å². The summed E-state index contributed by atoms with van der Waals surface area (Å²) in [4.78, 5) is 23.2. The molecule has 1 unspecified atom stereocenters. The number of nitrogens with one attached hydrogen (secondary N) is 1. The van der Waals surface area contributed by atoms with Crippen LogP contribution in [0.1, 0.15) is 24.0 Å². The zero-order chi connectivity index (χ0) is 20.8. The van der Waals surface area contributed by atoms with Gasteiger partial charge >= 0.3 is 0 Å². The third kappa shape index (κ3) is 5.31. The molecular formula is C23H26N6O. The summed E-state index contributed by atoms with van der Waals surface area (Å²) in [5.74, 6) is 2.07. The van der Waals surface area contributed by atoms with E-state index in [1.54, 1.807) is 23.2 Å². The maximum Gasteiger partial charge on any atom is 0.246 e. The SMILES string of the molecule is Cn1cc(C=CC(=O)N2CCCC(Cc3ccnc(Nc4ccccn4)c3)C2)cn1. The third-order valence-corrected chi connectivity index (χ3v) is 5.24. The number of carbonyl (C=O) groups excluding carboxylic acids is 1. The normalized spacial score (nSPS) is 16.7. The highest BCUT2D eigenvalue weighted by Gasteiger charge is 2.22. The molecule has 1 amide bonds. The number of likely N-dealkylation sites (tertiary alicyclic amines) is 1. The van der Waals surface area contributed by atoms with Crippen molar-refractivity contribution >= 4 is 23.6 Å². The fourth-order valence-electron chi connectivity index (χ4n) is 3.80. The van der Waals surface area contributed by atoms with Crippen LogP contribution in [0.25, 0.3) is 6.08 Å². The maximum absolute atomic E-state index is 12.6.